The molecule has 2 unspecified atom stereocenters. The Labute approximate surface area is 158 Å². The molecule has 7 nitrogen and oxygen atoms in total. The molecule has 2 aromatic heterocycles. The van der Waals surface area contributed by atoms with Crippen LogP contribution in [0.2, 0.25) is 0 Å². The highest BCUT2D eigenvalue weighted by Crippen LogP contribution is 2.40. The first-order valence-corrected chi connectivity index (χ1v) is 9.23. The summed E-state index contributed by atoms with van der Waals surface area (Å²) in [6, 6.07) is 0.304. The van der Waals surface area contributed by atoms with Gasteiger partial charge >= 0.3 is 5.69 Å². The Kier molecular flexibility index (Phi) is 3.91. The van der Waals surface area contributed by atoms with Crippen molar-refractivity contribution in [2.75, 3.05) is 43.5 Å². The summed E-state index contributed by atoms with van der Waals surface area (Å²) in [5.41, 5.74) is 0.881. The van der Waals surface area contributed by atoms with Gasteiger partial charge in [0.05, 0.1) is 45.7 Å². The molecule has 0 radical (unpaired) electrons. The fourth-order valence-electron chi connectivity index (χ4n) is 4.18. The van der Waals surface area contributed by atoms with E-state index >= 15 is 4.39 Å². The van der Waals surface area contributed by atoms with Gasteiger partial charge in [0.2, 0.25) is 0 Å². The zero-order chi connectivity index (χ0) is 18.0. The molecule has 0 amide bonds. The van der Waals surface area contributed by atoms with E-state index in [4.69, 9.17) is 0 Å². The molecule has 0 aliphatic carbocycles. The second kappa shape index (κ2) is 5.76. The first kappa shape index (κ1) is 17.0. The standard InChI is InChI=1S/C16H20FIN6O/c1-8-5-21(3)6-10-7-22(4)13-11-14(23(8)10)20-16(25)24(18)15(11)19-9(2)12(13)17/h8,10H,5-7H2,1-4H3. The molecule has 2 aromatic rings. The molecular weight excluding hydrogens is 438 g/mol. The number of pyridine rings is 1. The quantitative estimate of drug-likeness (QED) is 0.557. The van der Waals surface area contributed by atoms with Gasteiger partial charge in [-0.1, -0.05) is 0 Å². The Hall–Kier alpha value is -1.49. The number of halogens is 2. The van der Waals surface area contributed by atoms with Gasteiger partial charge in [0, 0.05) is 32.7 Å². The van der Waals surface area contributed by atoms with Crippen molar-refractivity contribution >= 4 is 45.4 Å². The molecule has 9 heteroatoms. The van der Waals surface area contributed by atoms with Gasteiger partial charge in [-0.05, 0) is 20.9 Å². The van der Waals surface area contributed by atoms with Crippen LogP contribution < -0.4 is 15.5 Å². The van der Waals surface area contributed by atoms with Crippen molar-refractivity contribution in [1.29, 1.82) is 0 Å². The minimum absolute atomic E-state index is 0.131. The van der Waals surface area contributed by atoms with Crippen LogP contribution in [0.1, 0.15) is 12.6 Å². The molecule has 0 saturated carbocycles. The summed E-state index contributed by atoms with van der Waals surface area (Å²) in [6.45, 7) is 6.13. The number of fused-ring (bicyclic) bond motifs is 2. The lowest BCUT2D eigenvalue weighted by molar-refractivity contribution is 0.234. The van der Waals surface area contributed by atoms with Crippen LogP contribution in [0.15, 0.2) is 4.79 Å². The van der Waals surface area contributed by atoms with Crippen molar-refractivity contribution in [2.24, 2.45) is 0 Å². The first-order valence-electron chi connectivity index (χ1n) is 8.26. The van der Waals surface area contributed by atoms with Crippen molar-refractivity contribution in [3.8, 4) is 0 Å². The lowest BCUT2D eigenvalue weighted by atomic mass is 10.1. The monoisotopic (exact) mass is 458 g/mol. The van der Waals surface area contributed by atoms with E-state index in [0.717, 1.165) is 13.1 Å². The van der Waals surface area contributed by atoms with Crippen molar-refractivity contribution in [3.05, 3.63) is 22.0 Å². The van der Waals surface area contributed by atoms with Crippen LogP contribution in [0.4, 0.5) is 15.9 Å². The third-order valence-electron chi connectivity index (χ3n) is 5.12. The first-order chi connectivity index (χ1) is 11.8. The topological polar surface area (TPSA) is 57.5 Å². The van der Waals surface area contributed by atoms with Crippen molar-refractivity contribution in [1.82, 2.24) is 17.6 Å². The second-order valence-corrected chi connectivity index (χ2v) is 8.03. The lowest BCUT2D eigenvalue weighted by Gasteiger charge is -2.45. The van der Waals surface area contributed by atoms with E-state index in [0.29, 0.717) is 34.8 Å². The molecule has 2 atom stereocenters. The normalized spacial score (nSPS) is 23.8. The van der Waals surface area contributed by atoms with E-state index in [1.54, 1.807) is 6.92 Å². The smallest absolute Gasteiger partial charge is 0.360 e. The fraction of sp³-hybridized carbons (Fsp3) is 0.562. The number of aromatic nitrogens is 3. The second-order valence-electron chi connectivity index (χ2n) is 7.07. The molecule has 0 bridgehead atoms. The number of aryl methyl sites for hydroxylation is 1. The summed E-state index contributed by atoms with van der Waals surface area (Å²) in [5.74, 6) is 0.221. The molecule has 0 N–H and O–H groups in total. The number of piperazine rings is 1. The highest BCUT2D eigenvalue weighted by molar-refractivity contribution is 14.1. The van der Waals surface area contributed by atoms with Gasteiger partial charge in [0.25, 0.3) is 0 Å². The summed E-state index contributed by atoms with van der Waals surface area (Å²) in [6.07, 6.45) is 0. The molecule has 25 heavy (non-hydrogen) atoms. The lowest BCUT2D eigenvalue weighted by Crippen LogP contribution is -2.59. The van der Waals surface area contributed by atoms with Crippen LogP contribution >= 0.6 is 22.9 Å². The molecule has 1 saturated heterocycles. The van der Waals surface area contributed by atoms with Crippen LogP contribution in [0.5, 0.6) is 0 Å². The molecule has 1 fully saturated rings. The number of rotatable bonds is 0. The summed E-state index contributed by atoms with van der Waals surface area (Å²) in [7, 11) is 3.98. The van der Waals surface area contributed by atoms with Gasteiger partial charge < -0.3 is 14.7 Å². The maximum atomic E-state index is 15.0. The SMILES string of the molecule is Cc1nc2c3c(nc(=O)n2I)N2C(C)CN(C)CC2CN(C)c3c1F. The molecule has 134 valence electrons. The van der Waals surface area contributed by atoms with Gasteiger partial charge in [-0.2, -0.15) is 4.98 Å². The van der Waals surface area contributed by atoms with Crippen LogP contribution in [0, 0.1) is 12.7 Å². The number of hydrogen-bond acceptors (Lipinski definition) is 6. The highest BCUT2D eigenvalue weighted by Gasteiger charge is 2.38. The average Bonchev–Trinajstić information content (AvgIpc) is 2.64. The Morgan fingerprint density at radius 1 is 1.20 bits per heavy atom. The molecular formula is C16H20FIN6O. The maximum Gasteiger partial charge on any atom is 0.360 e. The molecule has 4 rings (SSSR count). The van der Waals surface area contributed by atoms with Crippen molar-refractivity contribution in [3.63, 3.8) is 0 Å². The van der Waals surface area contributed by atoms with E-state index in [2.05, 4.69) is 33.7 Å². The third kappa shape index (κ3) is 2.42. The van der Waals surface area contributed by atoms with Gasteiger partial charge in [0.1, 0.15) is 5.82 Å². The van der Waals surface area contributed by atoms with E-state index in [1.165, 1.54) is 2.78 Å². The predicted molar refractivity (Wildman–Crippen MR) is 104 cm³/mol. The van der Waals surface area contributed by atoms with Gasteiger partial charge in [0.15, 0.2) is 11.5 Å². The summed E-state index contributed by atoms with van der Waals surface area (Å²) < 4.78 is 16.4. The highest BCUT2D eigenvalue weighted by atomic mass is 127. The Morgan fingerprint density at radius 3 is 2.64 bits per heavy atom. The van der Waals surface area contributed by atoms with Crippen LogP contribution in [-0.4, -0.2) is 63.5 Å². The third-order valence-corrected chi connectivity index (χ3v) is 5.99. The van der Waals surface area contributed by atoms with Crippen LogP contribution in [0.3, 0.4) is 0 Å². The van der Waals surface area contributed by atoms with E-state index < -0.39 is 0 Å². The minimum Gasteiger partial charge on any atom is -0.369 e. The van der Waals surface area contributed by atoms with Gasteiger partial charge in [-0.25, -0.2) is 16.9 Å². The molecule has 0 spiro atoms. The maximum absolute atomic E-state index is 15.0. The Morgan fingerprint density at radius 2 is 1.92 bits per heavy atom. The summed E-state index contributed by atoms with van der Waals surface area (Å²) in [4.78, 5) is 27.5. The van der Waals surface area contributed by atoms with E-state index in [1.807, 2.05) is 34.8 Å². The minimum atomic E-state index is -0.373. The summed E-state index contributed by atoms with van der Waals surface area (Å²) >= 11 is 1.89. The Bertz CT molecular complexity index is 931. The van der Waals surface area contributed by atoms with Crippen LogP contribution in [0.25, 0.3) is 11.0 Å². The molecule has 0 aromatic carbocycles. The van der Waals surface area contributed by atoms with E-state index in [-0.39, 0.29) is 23.6 Å². The Balaban J connectivity index is 2.12. The number of nitrogens with zero attached hydrogens (tertiary/aromatic N) is 6. The number of anilines is 2. The van der Waals surface area contributed by atoms with Crippen LogP contribution in [-0.2, 0) is 0 Å². The van der Waals surface area contributed by atoms with E-state index in [9.17, 15) is 4.79 Å². The predicted octanol–water partition coefficient (Wildman–Crippen LogP) is 1.40. The number of hydrogen-bond donors (Lipinski definition) is 0. The van der Waals surface area contributed by atoms with Crippen molar-refractivity contribution < 1.29 is 4.39 Å². The van der Waals surface area contributed by atoms with Gasteiger partial charge in [-0.15, -0.1) is 0 Å². The molecule has 2 aliphatic rings. The zero-order valence-electron chi connectivity index (χ0n) is 14.6. The van der Waals surface area contributed by atoms with Crippen molar-refractivity contribution in [2.45, 2.75) is 25.9 Å². The average molecular weight is 458 g/mol. The number of likely N-dealkylation sites (N-methyl/N-ethyl adjacent to an activating group) is 2. The van der Waals surface area contributed by atoms with Gasteiger partial charge in [-0.3, -0.25) is 0 Å². The summed E-state index contributed by atoms with van der Waals surface area (Å²) in [5, 5.41) is 0.624. The largest absolute Gasteiger partial charge is 0.369 e. The fourth-order valence-corrected chi connectivity index (χ4v) is 4.64. The molecule has 4 heterocycles. The zero-order valence-corrected chi connectivity index (χ0v) is 16.8. The molecule has 2 aliphatic heterocycles.